The van der Waals surface area contributed by atoms with Crippen LogP contribution in [0, 0.1) is 0 Å². The summed E-state index contributed by atoms with van der Waals surface area (Å²) >= 11 is 0. The average molecular weight is 398 g/mol. The number of hydrogen-bond donors (Lipinski definition) is 0. The monoisotopic (exact) mass is 398 g/mol. The van der Waals surface area contributed by atoms with Gasteiger partial charge < -0.3 is 14.4 Å². The second kappa shape index (κ2) is 7.50. The van der Waals surface area contributed by atoms with E-state index in [4.69, 9.17) is 9.47 Å². The number of rotatable bonds is 5. The second-order valence-corrected chi connectivity index (χ2v) is 8.99. The number of pyridine rings is 1. The Morgan fingerprint density at radius 1 is 1.04 bits per heavy atom. The third-order valence-corrected chi connectivity index (χ3v) is 6.69. The number of nitrogens with zero attached hydrogens (tertiary/aromatic N) is 2. The molecule has 2 atom stereocenters. The normalized spacial score (nSPS) is 20.0. The highest BCUT2D eigenvalue weighted by molar-refractivity contribution is 7.91. The van der Waals surface area contributed by atoms with Crippen LogP contribution in [-0.2, 0) is 14.6 Å². The van der Waals surface area contributed by atoms with Gasteiger partial charge in [-0.25, -0.2) is 8.42 Å². The zero-order valence-corrected chi connectivity index (χ0v) is 16.6. The van der Waals surface area contributed by atoms with Crippen molar-refractivity contribution in [3.63, 3.8) is 0 Å². The molecule has 0 bridgehead atoms. The van der Waals surface area contributed by atoms with Crippen LogP contribution in [0.4, 0.5) is 0 Å². The van der Waals surface area contributed by atoms with E-state index in [2.05, 4.69) is 9.88 Å². The van der Waals surface area contributed by atoms with Crippen LogP contribution in [0.5, 0.6) is 5.75 Å². The second-order valence-electron chi connectivity index (χ2n) is 7.04. The van der Waals surface area contributed by atoms with Crippen LogP contribution >= 0.6 is 0 Å². The molecule has 2 unspecified atom stereocenters. The van der Waals surface area contributed by atoms with Crippen molar-refractivity contribution in [1.29, 1.82) is 0 Å². The Hall–Kier alpha value is -2.48. The van der Waals surface area contributed by atoms with Crippen molar-refractivity contribution in [2.24, 2.45) is 0 Å². The molecule has 28 heavy (non-hydrogen) atoms. The minimum absolute atomic E-state index is 0.102. The summed E-state index contributed by atoms with van der Waals surface area (Å²) in [6.45, 7) is 1.13. The summed E-state index contributed by atoms with van der Waals surface area (Å²) < 4.78 is 37.5. The predicted octanol–water partition coefficient (Wildman–Crippen LogP) is 2.78. The lowest BCUT2D eigenvalue weighted by molar-refractivity contribution is 0.128. The Balaban J connectivity index is 1.69. The van der Waals surface area contributed by atoms with Gasteiger partial charge in [-0.15, -0.1) is 0 Å². The standard InChI is InChI=1S/C21H22N2O4S/c1-23(2)18-13-26-14-20(18)27-19-10-6-7-15-11-17(12-22-21(15)19)28(24,25)16-8-4-3-5-9-16/h3-12,18,20H,13-14H2,1-2H3. The van der Waals surface area contributed by atoms with Gasteiger partial charge >= 0.3 is 0 Å². The molecule has 0 amide bonds. The first-order valence-corrected chi connectivity index (χ1v) is 10.5. The number of likely N-dealkylation sites (N-methyl/N-ethyl adjacent to an activating group) is 1. The largest absolute Gasteiger partial charge is 0.484 e. The molecule has 6 nitrogen and oxygen atoms in total. The van der Waals surface area contributed by atoms with Gasteiger partial charge in [-0.1, -0.05) is 30.3 Å². The SMILES string of the molecule is CN(C)C1COCC1Oc1cccc2cc(S(=O)(=O)c3ccccc3)cnc12. The van der Waals surface area contributed by atoms with Crippen LogP contribution in [0.25, 0.3) is 10.9 Å². The molecule has 0 radical (unpaired) electrons. The quantitative estimate of drug-likeness (QED) is 0.658. The van der Waals surface area contributed by atoms with E-state index >= 15 is 0 Å². The molecule has 3 aromatic rings. The van der Waals surface area contributed by atoms with Crippen molar-refractivity contribution >= 4 is 20.7 Å². The third kappa shape index (κ3) is 3.48. The average Bonchev–Trinajstić information content (AvgIpc) is 3.17. The van der Waals surface area contributed by atoms with Gasteiger partial charge in [0.15, 0.2) is 0 Å². The Morgan fingerprint density at radius 2 is 1.82 bits per heavy atom. The van der Waals surface area contributed by atoms with Gasteiger partial charge in [-0.3, -0.25) is 4.98 Å². The first-order valence-electron chi connectivity index (χ1n) is 9.06. The number of fused-ring (bicyclic) bond motifs is 1. The van der Waals surface area contributed by atoms with Crippen LogP contribution < -0.4 is 4.74 Å². The number of hydrogen-bond acceptors (Lipinski definition) is 6. The van der Waals surface area contributed by atoms with Crippen LogP contribution in [0.2, 0.25) is 0 Å². The van der Waals surface area contributed by atoms with Crippen LogP contribution in [0.3, 0.4) is 0 Å². The molecular weight excluding hydrogens is 376 g/mol. The van der Waals surface area contributed by atoms with E-state index in [1.54, 1.807) is 36.4 Å². The van der Waals surface area contributed by atoms with Crippen LogP contribution in [0.1, 0.15) is 0 Å². The van der Waals surface area contributed by atoms with E-state index in [1.807, 2.05) is 32.3 Å². The van der Waals surface area contributed by atoms with E-state index in [9.17, 15) is 8.42 Å². The fourth-order valence-corrected chi connectivity index (χ4v) is 4.63. The Labute approximate surface area is 164 Å². The molecule has 1 saturated heterocycles. The van der Waals surface area contributed by atoms with Gasteiger partial charge in [0, 0.05) is 11.6 Å². The van der Waals surface area contributed by atoms with E-state index in [1.165, 1.54) is 6.20 Å². The maximum Gasteiger partial charge on any atom is 0.208 e. The molecule has 7 heteroatoms. The molecule has 1 aromatic heterocycles. The van der Waals surface area contributed by atoms with Gasteiger partial charge in [0.2, 0.25) is 9.84 Å². The van der Waals surface area contributed by atoms with Crippen molar-refractivity contribution in [2.45, 2.75) is 21.9 Å². The van der Waals surface area contributed by atoms with E-state index in [-0.39, 0.29) is 21.9 Å². The Bertz CT molecular complexity index is 1080. The molecular formula is C21H22N2O4S. The molecule has 4 rings (SSSR count). The van der Waals surface area contributed by atoms with E-state index in [0.717, 1.165) is 5.39 Å². The van der Waals surface area contributed by atoms with Crippen molar-refractivity contribution in [2.75, 3.05) is 27.3 Å². The number of ether oxygens (including phenoxy) is 2. The molecule has 2 heterocycles. The molecule has 0 aliphatic carbocycles. The fraction of sp³-hybridized carbons (Fsp3) is 0.286. The summed E-state index contributed by atoms with van der Waals surface area (Å²) in [6, 6.07) is 15.7. The van der Waals surface area contributed by atoms with Crippen molar-refractivity contribution in [1.82, 2.24) is 9.88 Å². The van der Waals surface area contributed by atoms with E-state index in [0.29, 0.717) is 24.5 Å². The Morgan fingerprint density at radius 3 is 2.57 bits per heavy atom. The summed E-state index contributed by atoms with van der Waals surface area (Å²) in [6.07, 6.45) is 1.29. The smallest absolute Gasteiger partial charge is 0.208 e. The first-order chi connectivity index (χ1) is 13.5. The highest BCUT2D eigenvalue weighted by Crippen LogP contribution is 2.29. The van der Waals surface area contributed by atoms with Crippen molar-refractivity contribution in [3.8, 4) is 5.75 Å². The lowest BCUT2D eigenvalue weighted by Gasteiger charge is -2.25. The molecule has 0 N–H and O–H groups in total. The van der Waals surface area contributed by atoms with Gasteiger partial charge in [0.25, 0.3) is 0 Å². The van der Waals surface area contributed by atoms with Gasteiger partial charge in [0.1, 0.15) is 17.4 Å². The highest BCUT2D eigenvalue weighted by Gasteiger charge is 2.32. The molecule has 2 aromatic carbocycles. The molecule has 0 spiro atoms. The molecule has 1 fully saturated rings. The van der Waals surface area contributed by atoms with Crippen LogP contribution in [0.15, 0.2) is 70.6 Å². The van der Waals surface area contributed by atoms with Gasteiger partial charge in [-0.2, -0.15) is 0 Å². The first kappa shape index (κ1) is 18.9. The van der Waals surface area contributed by atoms with Gasteiger partial charge in [0.05, 0.1) is 29.0 Å². The van der Waals surface area contributed by atoms with Gasteiger partial charge in [-0.05, 0) is 38.4 Å². The maximum absolute atomic E-state index is 12.9. The topological polar surface area (TPSA) is 68.7 Å². The maximum atomic E-state index is 12.9. The summed E-state index contributed by atoms with van der Waals surface area (Å²) in [4.78, 5) is 6.93. The van der Waals surface area contributed by atoms with Crippen molar-refractivity contribution < 1.29 is 17.9 Å². The molecule has 0 saturated carbocycles. The number of sulfone groups is 1. The van der Waals surface area contributed by atoms with Crippen molar-refractivity contribution in [3.05, 3.63) is 60.8 Å². The molecule has 1 aliphatic rings. The summed E-state index contributed by atoms with van der Waals surface area (Å²) in [5.74, 6) is 0.628. The summed E-state index contributed by atoms with van der Waals surface area (Å²) in [5, 5.41) is 0.717. The Kier molecular flexibility index (Phi) is 5.05. The number of para-hydroxylation sites is 1. The summed E-state index contributed by atoms with van der Waals surface area (Å²) in [5.41, 5.74) is 0.638. The molecule has 146 valence electrons. The zero-order chi connectivity index (χ0) is 19.7. The predicted molar refractivity (Wildman–Crippen MR) is 106 cm³/mol. The fourth-order valence-electron chi connectivity index (χ4n) is 3.37. The minimum Gasteiger partial charge on any atom is -0.484 e. The zero-order valence-electron chi connectivity index (χ0n) is 15.8. The summed E-state index contributed by atoms with van der Waals surface area (Å²) in [7, 11) is 0.380. The van der Waals surface area contributed by atoms with Crippen LogP contribution in [-0.4, -0.2) is 57.8 Å². The molecule has 1 aliphatic heterocycles. The third-order valence-electron chi connectivity index (χ3n) is 4.95. The lowest BCUT2D eigenvalue weighted by Crippen LogP contribution is -2.41. The minimum atomic E-state index is -3.62. The highest BCUT2D eigenvalue weighted by atomic mass is 32.2. The number of aromatic nitrogens is 1. The number of benzene rings is 2. The van der Waals surface area contributed by atoms with E-state index < -0.39 is 9.84 Å². The lowest BCUT2D eigenvalue weighted by atomic mass is 10.2.